The number of carbonyl (C=O) groups excluding carboxylic acids is 1. The van der Waals surface area contributed by atoms with Gasteiger partial charge in [-0.15, -0.1) is 0 Å². The molecule has 0 radical (unpaired) electrons. The Morgan fingerprint density at radius 3 is 2.12 bits per heavy atom. The van der Waals surface area contributed by atoms with Gasteiger partial charge in [-0.25, -0.2) is 0 Å². The minimum absolute atomic E-state index is 0.123. The first kappa shape index (κ1) is 15.6. The molecule has 2 unspecified atom stereocenters. The molecule has 0 aliphatic carbocycles. The monoisotopic (exact) mass is 321 g/mol. The zero-order valence-electron chi connectivity index (χ0n) is 13.8. The minimum Gasteiger partial charge on any atom is -0.378 e. The summed E-state index contributed by atoms with van der Waals surface area (Å²) < 4.78 is 5.79. The van der Waals surface area contributed by atoms with Gasteiger partial charge < -0.3 is 4.74 Å². The van der Waals surface area contributed by atoms with Crippen LogP contribution in [0, 0.1) is 5.92 Å². The van der Waals surface area contributed by atoms with E-state index in [9.17, 15) is 4.79 Å². The zero-order chi connectivity index (χ0) is 16.4. The van der Waals surface area contributed by atoms with Crippen LogP contribution in [0.25, 0.3) is 0 Å². The van der Waals surface area contributed by atoms with Crippen LogP contribution in [0.15, 0.2) is 60.7 Å². The number of Topliss-reactive ketones (excluding diaryl/α,β-unsaturated/α-hetero) is 1. The Morgan fingerprint density at radius 2 is 1.50 bits per heavy atom. The quantitative estimate of drug-likeness (QED) is 0.807. The van der Waals surface area contributed by atoms with E-state index in [1.54, 1.807) is 0 Å². The van der Waals surface area contributed by atoms with Gasteiger partial charge in [0.05, 0.1) is 13.2 Å². The van der Waals surface area contributed by atoms with Crippen LogP contribution in [-0.2, 0) is 11.3 Å². The number of carbonyl (C=O) groups is 1. The van der Waals surface area contributed by atoms with Crippen molar-refractivity contribution in [2.75, 3.05) is 13.2 Å². The van der Waals surface area contributed by atoms with E-state index in [1.807, 2.05) is 30.3 Å². The Labute approximate surface area is 143 Å². The summed E-state index contributed by atoms with van der Waals surface area (Å²) in [4.78, 5) is 15.4. The van der Waals surface area contributed by atoms with Crippen LogP contribution in [0.4, 0.5) is 0 Å². The molecule has 0 aromatic heterocycles. The number of rotatable bonds is 4. The second-order valence-electron chi connectivity index (χ2n) is 6.90. The van der Waals surface area contributed by atoms with Crippen molar-refractivity contribution >= 4 is 5.78 Å². The Kier molecular flexibility index (Phi) is 4.46. The molecule has 24 heavy (non-hydrogen) atoms. The number of piperidine rings is 1. The predicted octanol–water partition coefficient (Wildman–Crippen LogP) is 3.55. The number of hydrogen-bond acceptors (Lipinski definition) is 3. The van der Waals surface area contributed by atoms with Crippen molar-refractivity contribution in [3.8, 4) is 0 Å². The van der Waals surface area contributed by atoms with Gasteiger partial charge >= 0.3 is 0 Å². The van der Waals surface area contributed by atoms with E-state index >= 15 is 0 Å². The molecule has 0 saturated carbocycles. The molecule has 2 aromatic rings. The van der Waals surface area contributed by atoms with Gasteiger partial charge in [0.2, 0.25) is 0 Å². The van der Waals surface area contributed by atoms with Crippen molar-refractivity contribution < 1.29 is 9.53 Å². The summed E-state index contributed by atoms with van der Waals surface area (Å²) in [6.45, 7) is 2.43. The highest BCUT2D eigenvalue weighted by atomic mass is 16.5. The summed E-state index contributed by atoms with van der Waals surface area (Å²) in [5, 5.41) is 0. The highest BCUT2D eigenvalue weighted by molar-refractivity contribution is 5.97. The van der Waals surface area contributed by atoms with E-state index in [4.69, 9.17) is 4.74 Å². The fourth-order valence-corrected chi connectivity index (χ4v) is 4.09. The van der Waals surface area contributed by atoms with Crippen LogP contribution in [0.2, 0.25) is 0 Å². The van der Waals surface area contributed by atoms with E-state index in [-0.39, 0.29) is 5.92 Å². The van der Waals surface area contributed by atoms with Gasteiger partial charge in [-0.05, 0) is 18.4 Å². The van der Waals surface area contributed by atoms with Crippen molar-refractivity contribution in [1.29, 1.82) is 0 Å². The number of benzene rings is 2. The highest BCUT2D eigenvalue weighted by Crippen LogP contribution is 2.34. The number of ether oxygens (including phenoxy) is 1. The molecule has 2 saturated heterocycles. The summed E-state index contributed by atoms with van der Waals surface area (Å²) in [6.07, 6.45) is 1.80. The van der Waals surface area contributed by atoms with E-state index in [0.717, 1.165) is 38.2 Å². The Morgan fingerprint density at radius 1 is 0.917 bits per heavy atom. The maximum absolute atomic E-state index is 12.8. The third-order valence-corrected chi connectivity index (χ3v) is 5.31. The minimum atomic E-state index is 0.123. The number of nitrogens with zero attached hydrogens (tertiary/aromatic N) is 1. The zero-order valence-corrected chi connectivity index (χ0v) is 13.8. The predicted molar refractivity (Wildman–Crippen MR) is 93.9 cm³/mol. The van der Waals surface area contributed by atoms with Gasteiger partial charge in [-0.2, -0.15) is 0 Å². The average Bonchev–Trinajstić information content (AvgIpc) is 2.62. The molecule has 0 amide bonds. The fraction of sp³-hybridized carbons (Fsp3) is 0.381. The standard InChI is InChI=1S/C21H23NO2/c23-21(17-9-5-2-6-10-17)18-11-19-14-24-15-20(12-18)22(19)13-16-7-3-1-4-8-16/h1-10,18-20H,11-15H2. The van der Waals surface area contributed by atoms with Gasteiger partial charge in [0.25, 0.3) is 0 Å². The molecule has 0 N–H and O–H groups in total. The number of hydrogen-bond donors (Lipinski definition) is 0. The largest absolute Gasteiger partial charge is 0.378 e. The topological polar surface area (TPSA) is 29.5 Å². The molecule has 2 aliphatic heterocycles. The normalized spacial score (nSPS) is 26.9. The van der Waals surface area contributed by atoms with Gasteiger partial charge in [0, 0.05) is 30.1 Å². The average molecular weight is 321 g/mol. The van der Waals surface area contributed by atoms with Crippen LogP contribution in [-0.4, -0.2) is 36.0 Å². The second-order valence-corrected chi connectivity index (χ2v) is 6.90. The van der Waals surface area contributed by atoms with Gasteiger partial charge in [0.15, 0.2) is 5.78 Å². The van der Waals surface area contributed by atoms with Crippen molar-refractivity contribution in [3.05, 3.63) is 71.8 Å². The summed E-state index contributed by atoms with van der Waals surface area (Å²) >= 11 is 0. The highest BCUT2D eigenvalue weighted by Gasteiger charge is 2.41. The molecule has 2 atom stereocenters. The first-order chi connectivity index (χ1) is 11.8. The lowest BCUT2D eigenvalue weighted by Gasteiger charge is -2.48. The molecular formula is C21H23NO2. The maximum Gasteiger partial charge on any atom is 0.166 e. The van der Waals surface area contributed by atoms with E-state index in [1.165, 1.54) is 5.56 Å². The molecule has 3 heteroatoms. The summed E-state index contributed by atoms with van der Waals surface area (Å²) in [6, 6.07) is 21.0. The third-order valence-electron chi connectivity index (χ3n) is 5.31. The lowest BCUT2D eigenvalue weighted by Crippen LogP contribution is -2.57. The van der Waals surface area contributed by atoms with Gasteiger partial charge in [-0.1, -0.05) is 60.7 Å². The molecule has 2 heterocycles. The molecule has 2 aromatic carbocycles. The Hall–Kier alpha value is -1.97. The molecule has 0 spiro atoms. The van der Waals surface area contributed by atoms with E-state index < -0.39 is 0 Å². The fourth-order valence-electron chi connectivity index (χ4n) is 4.09. The smallest absolute Gasteiger partial charge is 0.166 e. The van der Waals surface area contributed by atoms with Crippen molar-refractivity contribution in [3.63, 3.8) is 0 Å². The Balaban J connectivity index is 1.49. The van der Waals surface area contributed by atoms with Crippen LogP contribution >= 0.6 is 0 Å². The maximum atomic E-state index is 12.8. The van der Waals surface area contributed by atoms with E-state index in [0.29, 0.717) is 17.9 Å². The van der Waals surface area contributed by atoms with Gasteiger partial charge in [0.1, 0.15) is 0 Å². The number of morpholine rings is 1. The number of fused-ring (bicyclic) bond motifs is 2. The Bertz CT molecular complexity index is 671. The van der Waals surface area contributed by atoms with Crippen LogP contribution in [0.1, 0.15) is 28.8 Å². The lowest BCUT2D eigenvalue weighted by atomic mass is 9.80. The molecule has 2 bridgehead atoms. The second kappa shape index (κ2) is 6.88. The SMILES string of the molecule is O=C(c1ccccc1)C1CC2COCC(C1)N2Cc1ccccc1. The molecule has 4 rings (SSSR count). The molecule has 2 fully saturated rings. The van der Waals surface area contributed by atoms with Gasteiger partial charge in [-0.3, -0.25) is 9.69 Å². The summed E-state index contributed by atoms with van der Waals surface area (Å²) in [5.41, 5.74) is 2.18. The number of ketones is 1. The van der Waals surface area contributed by atoms with Crippen molar-refractivity contribution in [1.82, 2.24) is 4.90 Å². The van der Waals surface area contributed by atoms with Crippen molar-refractivity contribution in [2.45, 2.75) is 31.5 Å². The van der Waals surface area contributed by atoms with Crippen molar-refractivity contribution in [2.24, 2.45) is 5.92 Å². The molecule has 2 aliphatic rings. The van der Waals surface area contributed by atoms with Crippen LogP contribution < -0.4 is 0 Å². The summed E-state index contributed by atoms with van der Waals surface area (Å²) in [5.74, 6) is 0.421. The molecular weight excluding hydrogens is 298 g/mol. The van der Waals surface area contributed by atoms with Crippen LogP contribution in [0.3, 0.4) is 0 Å². The summed E-state index contributed by atoms with van der Waals surface area (Å²) in [7, 11) is 0. The molecule has 124 valence electrons. The molecule has 3 nitrogen and oxygen atoms in total. The first-order valence-electron chi connectivity index (χ1n) is 8.78. The van der Waals surface area contributed by atoms with Crippen LogP contribution in [0.5, 0.6) is 0 Å². The van der Waals surface area contributed by atoms with E-state index in [2.05, 4.69) is 35.2 Å². The third kappa shape index (κ3) is 3.14. The lowest BCUT2D eigenvalue weighted by molar-refractivity contribution is -0.0872. The first-order valence-corrected chi connectivity index (χ1v) is 8.78.